The quantitative estimate of drug-likeness (QED) is 0.615. The van der Waals surface area contributed by atoms with Crippen LogP contribution in [0, 0.1) is 0 Å². The van der Waals surface area contributed by atoms with E-state index in [4.69, 9.17) is 0 Å². The summed E-state index contributed by atoms with van der Waals surface area (Å²) in [6, 6.07) is 19.9. The first-order valence-electron chi connectivity index (χ1n) is 14.1. The molecule has 3 heterocycles. The number of piperidine rings is 1. The number of anilines is 1. The number of hydrogen-bond acceptors (Lipinski definition) is 5. The maximum atomic E-state index is 12.9. The monoisotopic (exact) mass is 489 g/mol. The van der Waals surface area contributed by atoms with Crippen LogP contribution in [-0.2, 0) is 0 Å². The van der Waals surface area contributed by atoms with Crippen LogP contribution in [0.25, 0.3) is 0 Å². The third kappa shape index (κ3) is 6.28. The van der Waals surface area contributed by atoms with Gasteiger partial charge in [-0.2, -0.15) is 0 Å². The molecule has 5 rings (SSSR count). The van der Waals surface area contributed by atoms with Crippen LogP contribution in [0.2, 0.25) is 0 Å². The van der Waals surface area contributed by atoms with Gasteiger partial charge in [0.15, 0.2) is 0 Å². The minimum absolute atomic E-state index is 0.174. The van der Waals surface area contributed by atoms with E-state index >= 15 is 0 Å². The number of rotatable bonds is 8. The summed E-state index contributed by atoms with van der Waals surface area (Å²) in [6.45, 7) is 13.7. The van der Waals surface area contributed by atoms with E-state index in [1.54, 1.807) is 0 Å². The second-order valence-electron chi connectivity index (χ2n) is 10.7. The lowest BCUT2D eigenvalue weighted by Crippen LogP contribution is -2.48. The van der Waals surface area contributed by atoms with Crippen LogP contribution in [0.3, 0.4) is 0 Å². The Morgan fingerprint density at radius 1 is 0.833 bits per heavy atom. The highest BCUT2D eigenvalue weighted by Gasteiger charge is 2.25. The maximum Gasteiger partial charge on any atom is 0.253 e. The molecule has 0 radical (unpaired) electrons. The van der Waals surface area contributed by atoms with Gasteiger partial charge in [0.05, 0.1) is 0 Å². The van der Waals surface area contributed by atoms with Crippen LogP contribution in [0.15, 0.2) is 54.6 Å². The molecule has 0 bridgehead atoms. The second-order valence-corrected chi connectivity index (χ2v) is 10.7. The fraction of sp³-hybridized carbons (Fsp3) is 0.567. The zero-order valence-corrected chi connectivity index (χ0v) is 21.9. The fourth-order valence-corrected chi connectivity index (χ4v) is 6.07. The number of carbonyl (C=O) groups excluding carboxylic acids is 1. The summed E-state index contributed by atoms with van der Waals surface area (Å²) >= 11 is 0. The average Bonchev–Trinajstić information content (AvgIpc) is 3.43. The highest BCUT2D eigenvalue weighted by Crippen LogP contribution is 2.26. The highest BCUT2D eigenvalue weighted by atomic mass is 16.2. The summed E-state index contributed by atoms with van der Waals surface area (Å²) < 4.78 is 0. The van der Waals surface area contributed by atoms with Crippen LogP contribution < -0.4 is 10.2 Å². The average molecular weight is 490 g/mol. The molecule has 0 aromatic heterocycles. The molecule has 6 heteroatoms. The van der Waals surface area contributed by atoms with Crippen molar-refractivity contribution in [3.05, 3.63) is 65.7 Å². The maximum absolute atomic E-state index is 12.9. The molecule has 6 nitrogen and oxygen atoms in total. The Balaban J connectivity index is 1.01. The number of nitrogens with zero attached hydrogens (tertiary/aromatic N) is 4. The van der Waals surface area contributed by atoms with E-state index in [9.17, 15) is 4.79 Å². The molecule has 3 aliphatic heterocycles. The Kier molecular flexibility index (Phi) is 8.57. The Morgan fingerprint density at radius 2 is 1.56 bits per heavy atom. The van der Waals surface area contributed by atoms with Gasteiger partial charge < -0.3 is 24.9 Å². The van der Waals surface area contributed by atoms with Crippen molar-refractivity contribution in [1.29, 1.82) is 0 Å². The number of carbonyl (C=O) groups is 1. The van der Waals surface area contributed by atoms with E-state index < -0.39 is 0 Å². The minimum Gasteiger partial charge on any atom is -0.371 e. The van der Waals surface area contributed by atoms with Crippen LogP contribution in [0.5, 0.6) is 0 Å². The van der Waals surface area contributed by atoms with Crippen molar-refractivity contribution in [1.82, 2.24) is 20.0 Å². The van der Waals surface area contributed by atoms with Gasteiger partial charge in [0.1, 0.15) is 0 Å². The van der Waals surface area contributed by atoms with Crippen molar-refractivity contribution in [2.45, 2.75) is 38.1 Å². The molecule has 0 saturated carbocycles. The summed E-state index contributed by atoms with van der Waals surface area (Å²) in [5.41, 5.74) is 3.55. The van der Waals surface area contributed by atoms with Crippen LogP contribution >= 0.6 is 0 Å². The first-order valence-corrected chi connectivity index (χ1v) is 14.1. The Hall–Kier alpha value is -2.41. The smallest absolute Gasteiger partial charge is 0.253 e. The molecule has 0 unspecified atom stereocenters. The van der Waals surface area contributed by atoms with Crippen molar-refractivity contribution in [2.75, 3.05) is 76.9 Å². The van der Waals surface area contributed by atoms with E-state index in [2.05, 4.69) is 69.4 Å². The van der Waals surface area contributed by atoms with Gasteiger partial charge in [-0.3, -0.25) is 4.79 Å². The zero-order chi connectivity index (χ0) is 24.7. The number of benzene rings is 2. The summed E-state index contributed by atoms with van der Waals surface area (Å²) in [5.74, 6) is 0.871. The van der Waals surface area contributed by atoms with Gasteiger partial charge in [0.25, 0.3) is 5.91 Å². The first kappa shape index (κ1) is 25.2. The molecule has 3 fully saturated rings. The van der Waals surface area contributed by atoms with Crippen molar-refractivity contribution >= 4 is 11.6 Å². The van der Waals surface area contributed by atoms with Crippen LogP contribution in [0.1, 0.15) is 48.0 Å². The number of hydrogen-bond donors (Lipinski definition) is 1. The third-order valence-corrected chi connectivity index (χ3v) is 8.49. The minimum atomic E-state index is 0.174. The summed E-state index contributed by atoms with van der Waals surface area (Å²) in [5, 5.41) is 3.82. The standard InChI is InChI=1S/C30H43N5O/c1-2-32-20-22-35(23-21-32)30(36)26-8-10-29(11-9-26)34-17-13-28(14-18-34)31-15-19-33-16-12-27(24-33)25-6-4-3-5-7-25/h3-11,27-28,31H,2,12-24H2,1H3/t27-/m0/s1. The Labute approximate surface area is 217 Å². The molecule has 194 valence electrons. The molecule has 2 aromatic carbocycles. The summed E-state index contributed by atoms with van der Waals surface area (Å²) in [6.07, 6.45) is 3.63. The molecule has 1 amide bonds. The van der Waals surface area contributed by atoms with E-state index in [1.807, 2.05) is 17.0 Å². The predicted octanol–water partition coefficient (Wildman–Crippen LogP) is 3.51. The topological polar surface area (TPSA) is 42.1 Å². The Morgan fingerprint density at radius 3 is 2.25 bits per heavy atom. The summed E-state index contributed by atoms with van der Waals surface area (Å²) in [4.78, 5) is 22.4. The zero-order valence-electron chi connectivity index (χ0n) is 21.9. The van der Waals surface area contributed by atoms with Gasteiger partial charge in [-0.25, -0.2) is 0 Å². The van der Waals surface area contributed by atoms with E-state index in [0.717, 1.165) is 64.5 Å². The molecule has 36 heavy (non-hydrogen) atoms. The molecular formula is C30H43N5O. The number of nitrogens with one attached hydrogen (secondary N) is 1. The van der Waals surface area contributed by atoms with E-state index in [-0.39, 0.29) is 5.91 Å². The molecule has 0 spiro atoms. The SMILES string of the molecule is CCN1CCN(C(=O)c2ccc(N3CCC(NCCN4CC[C@H](c5ccccc5)C4)CC3)cc2)CC1. The van der Waals surface area contributed by atoms with Crippen molar-refractivity contribution in [3.8, 4) is 0 Å². The number of likely N-dealkylation sites (tertiary alicyclic amines) is 1. The summed E-state index contributed by atoms with van der Waals surface area (Å²) in [7, 11) is 0. The molecule has 3 aliphatic rings. The number of likely N-dealkylation sites (N-methyl/N-ethyl adjacent to an activating group) is 1. The second kappa shape index (κ2) is 12.2. The number of piperazine rings is 1. The van der Waals surface area contributed by atoms with Crippen molar-refractivity contribution in [3.63, 3.8) is 0 Å². The lowest BCUT2D eigenvalue weighted by Gasteiger charge is -2.35. The van der Waals surface area contributed by atoms with Crippen LogP contribution in [-0.4, -0.2) is 98.6 Å². The lowest BCUT2D eigenvalue weighted by molar-refractivity contribution is 0.0643. The first-order chi connectivity index (χ1) is 17.7. The highest BCUT2D eigenvalue weighted by molar-refractivity contribution is 5.94. The fourth-order valence-electron chi connectivity index (χ4n) is 6.07. The normalized spacial score (nSPS) is 22.3. The van der Waals surface area contributed by atoms with Gasteiger partial charge in [-0.15, -0.1) is 0 Å². The van der Waals surface area contributed by atoms with Gasteiger partial charge in [0, 0.05) is 76.2 Å². The third-order valence-electron chi connectivity index (χ3n) is 8.49. The van der Waals surface area contributed by atoms with E-state index in [1.165, 1.54) is 43.6 Å². The molecule has 2 aromatic rings. The molecule has 1 atom stereocenters. The molecule has 0 aliphatic carbocycles. The number of amides is 1. The van der Waals surface area contributed by atoms with Crippen molar-refractivity contribution < 1.29 is 4.79 Å². The predicted molar refractivity (Wildman–Crippen MR) is 148 cm³/mol. The molecule has 1 N–H and O–H groups in total. The van der Waals surface area contributed by atoms with Gasteiger partial charge in [0.2, 0.25) is 0 Å². The van der Waals surface area contributed by atoms with Crippen LogP contribution in [0.4, 0.5) is 5.69 Å². The van der Waals surface area contributed by atoms with Gasteiger partial charge in [-0.05, 0) is 68.1 Å². The molecular weight excluding hydrogens is 446 g/mol. The lowest BCUT2D eigenvalue weighted by atomic mass is 9.99. The largest absolute Gasteiger partial charge is 0.371 e. The molecule has 3 saturated heterocycles. The Bertz CT molecular complexity index is 949. The van der Waals surface area contributed by atoms with Gasteiger partial charge >= 0.3 is 0 Å². The van der Waals surface area contributed by atoms with Crippen molar-refractivity contribution in [2.24, 2.45) is 0 Å². The van der Waals surface area contributed by atoms with Gasteiger partial charge in [-0.1, -0.05) is 37.3 Å². The van der Waals surface area contributed by atoms with E-state index in [0.29, 0.717) is 12.0 Å².